The molecule has 0 aromatic carbocycles. The highest BCUT2D eigenvalue weighted by atomic mass is 32.1. The Morgan fingerprint density at radius 2 is 2.44 bits per heavy atom. The molecule has 1 aromatic heterocycles. The summed E-state index contributed by atoms with van der Waals surface area (Å²) in [6.45, 7) is 7.69. The molecular weight excluding hydrogens is 246 g/mol. The lowest BCUT2D eigenvalue weighted by Crippen LogP contribution is -3.12. The van der Waals surface area contributed by atoms with Gasteiger partial charge in [0.05, 0.1) is 24.6 Å². The maximum Gasteiger partial charge on any atom is 0.314 e. The number of quaternary nitrogens is 1. The molecule has 1 fully saturated rings. The van der Waals surface area contributed by atoms with Crippen LogP contribution in [0.5, 0.6) is 0 Å². The summed E-state index contributed by atoms with van der Waals surface area (Å²) < 4.78 is 5.14. The van der Waals surface area contributed by atoms with Crippen molar-refractivity contribution in [1.82, 2.24) is 0 Å². The van der Waals surface area contributed by atoms with E-state index in [-0.39, 0.29) is 11.9 Å². The van der Waals surface area contributed by atoms with Crippen LogP contribution >= 0.6 is 11.3 Å². The summed E-state index contributed by atoms with van der Waals surface area (Å²) in [6, 6.07) is 2.17. The minimum absolute atomic E-state index is 0.00222. The number of likely N-dealkylation sites (tertiary alicyclic amines) is 1. The SMILES string of the molecule is CCOC(=O)[C@@H]1CCC[NH+](Cc2sccc2C)C1. The molecule has 0 saturated carbocycles. The van der Waals surface area contributed by atoms with E-state index >= 15 is 0 Å². The first-order valence-corrected chi connectivity index (χ1v) is 7.61. The number of aryl methyl sites for hydroxylation is 1. The molecule has 1 aliphatic heterocycles. The highest BCUT2D eigenvalue weighted by Crippen LogP contribution is 2.15. The van der Waals surface area contributed by atoms with Crippen molar-refractivity contribution in [3.8, 4) is 0 Å². The molecule has 1 N–H and O–H groups in total. The van der Waals surface area contributed by atoms with Gasteiger partial charge in [0.1, 0.15) is 12.5 Å². The summed E-state index contributed by atoms with van der Waals surface area (Å²) in [6.07, 6.45) is 2.12. The molecule has 100 valence electrons. The van der Waals surface area contributed by atoms with Gasteiger partial charge in [-0.15, -0.1) is 11.3 Å². The quantitative estimate of drug-likeness (QED) is 0.837. The largest absolute Gasteiger partial charge is 0.466 e. The molecule has 1 saturated heterocycles. The van der Waals surface area contributed by atoms with Crippen molar-refractivity contribution in [1.29, 1.82) is 0 Å². The van der Waals surface area contributed by atoms with E-state index in [4.69, 9.17) is 4.74 Å². The number of ether oxygens (including phenoxy) is 1. The van der Waals surface area contributed by atoms with Crippen molar-refractivity contribution >= 4 is 17.3 Å². The number of carbonyl (C=O) groups is 1. The normalized spacial score (nSPS) is 23.9. The minimum atomic E-state index is -0.00222. The summed E-state index contributed by atoms with van der Waals surface area (Å²) in [5, 5.41) is 2.15. The minimum Gasteiger partial charge on any atom is -0.466 e. The molecule has 4 heteroatoms. The van der Waals surface area contributed by atoms with Gasteiger partial charge in [-0.25, -0.2) is 0 Å². The van der Waals surface area contributed by atoms with Gasteiger partial charge in [0, 0.05) is 0 Å². The van der Waals surface area contributed by atoms with Crippen LogP contribution in [0.25, 0.3) is 0 Å². The topological polar surface area (TPSA) is 30.7 Å². The van der Waals surface area contributed by atoms with Crippen LogP contribution in [-0.2, 0) is 16.1 Å². The number of carbonyl (C=O) groups excluding carboxylic acids is 1. The van der Waals surface area contributed by atoms with E-state index in [0.29, 0.717) is 6.61 Å². The van der Waals surface area contributed by atoms with Crippen LogP contribution in [0.2, 0.25) is 0 Å². The third-order valence-corrected chi connectivity index (χ3v) is 4.64. The Hall–Kier alpha value is -0.870. The molecule has 1 aliphatic rings. The number of hydrogen-bond donors (Lipinski definition) is 1. The molecule has 18 heavy (non-hydrogen) atoms. The van der Waals surface area contributed by atoms with Crippen LogP contribution in [0.3, 0.4) is 0 Å². The Labute approximate surface area is 113 Å². The highest BCUT2D eigenvalue weighted by Gasteiger charge is 2.29. The lowest BCUT2D eigenvalue weighted by atomic mass is 9.98. The van der Waals surface area contributed by atoms with E-state index < -0.39 is 0 Å². The van der Waals surface area contributed by atoms with Crippen LogP contribution in [-0.4, -0.2) is 25.7 Å². The van der Waals surface area contributed by atoms with E-state index in [9.17, 15) is 4.79 Å². The Kier molecular flexibility index (Phi) is 4.78. The van der Waals surface area contributed by atoms with Gasteiger partial charge < -0.3 is 9.64 Å². The van der Waals surface area contributed by atoms with Gasteiger partial charge in [-0.1, -0.05) is 0 Å². The van der Waals surface area contributed by atoms with E-state index in [1.807, 2.05) is 18.3 Å². The molecule has 0 bridgehead atoms. The highest BCUT2D eigenvalue weighted by molar-refractivity contribution is 7.10. The summed E-state index contributed by atoms with van der Waals surface area (Å²) >= 11 is 1.83. The fourth-order valence-corrected chi connectivity index (χ4v) is 3.56. The molecule has 1 unspecified atom stereocenters. The van der Waals surface area contributed by atoms with Crippen molar-refractivity contribution in [2.75, 3.05) is 19.7 Å². The van der Waals surface area contributed by atoms with Crippen LogP contribution in [0, 0.1) is 12.8 Å². The number of esters is 1. The summed E-state index contributed by atoms with van der Waals surface area (Å²) in [7, 11) is 0. The van der Waals surface area contributed by atoms with Gasteiger partial charge in [0.15, 0.2) is 0 Å². The summed E-state index contributed by atoms with van der Waals surface area (Å²) in [4.78, 5) is 14.8. The molecule has 3 nitrogen and oxygen atoms in total. The zero-order valence-corrected chi connectivity index (χ0v) is 12.0. The first-order valence-electron chi connectivity index (χ1n) is 6.74. The lowest BCUT2D eigenvalue weighted by Gasteiger charge is -2.28. The van der Waals surface area contributed by atoms with E-state index in [0.717, 1.165) is 25.9 Å². The van der Waals surface area contributed by atoms with Crippen molar-refractivity contribution in [2.24, 2.45) is 5.92 Å². The standard InChI is InChI=1S/C14H21NO2S/c1-3-17-14(16)12-5-4-7-15(9-12)10-13-11(2)6-8-18-13/h6,8,12H,3-5,7,9-10H2,1-2H3/p+1/t12-/m1/s1. The number of nitrogens with one attached hydrogen (secondary N) is 1. The molecule has 0 aliphatic carbocycles. The van der Waals surface area contributed by atoms with Crippen molar-refractivity contribution in [2.45, 2.75) is 33.2 Å². The Balaban J connectivity index is 1.91. The second kappa shape index (κ2) is 6.34. The molecular formula is C14H22NO2S+. The summed E-state index contributed by atoms with van der Waals surface area (Å²) in [5.74, 6) is 0.103. The number of rotatable bonds is 4. The third kappa shape index (κ3) is 3.33. The van der Waals surface area contributed by atoms with Crippen LogP contribution in [0.4, 0.5) is 0 Å². The second-order valence-electron chi connectivity index (χ2n) is 5.00. The third-order valence-electron chi connectivity index (χ3n) is 3.62. The molecule has 2 heterocycles. The predicted octanol–water partition coefficient (Wildman–Crippen LogP) is 1.41. The van der Waals surface area contributed by atoms with Crippen molar-refractivity contribution in [3.63, 3.8) is 0 Å². The van der Waals surface area contributed by atoms with Gasteiger partial charge in [-0.05, 0) is 43.7 Å². The van der Waals surface area contributed by atoms with Gasteiger partial charge >= 0.3 is 5.97 Å². The van der Waals surface area contributed by atoms with Crippen molar-refractivity contribution < 1.29 is 14.4 Å². The van der Waals surface area contributed by atoms with E-state index in [2.05, 4.69) is 18.4 Å². The molecule has 0 spiro atoms. The summed E-state index contributed by atoms with van der Waals surface area (Å²) in [5.41, 5.74) is 1.38. The maximum absolute atomic E-state index is 11.8. The van der Waals surface area contributed by atoms with Crippen molar-refractivity contribution in [3.05, 3.63) is 21.9 Å². The molecule has 2 rings (SSSR count). The molecule has 1 aromatic rings. The molecule has 0 radical (unpaired) electrons. The Morgan fingerprint density at radius 1 is 1.61 bits per heavy atom. The lowest BCUT2D eigenvalue weighted by molar-refractivity contribution is -0.920. The van der Waals surface area contributed by atoms with E-state index in [1.54, 1.807) is 0 Å². The zero-order chi connectivity index (χ0) is 13.0. The fraction of sp³-hybridized carbons (Fsp3) is 0.643. The molecule has 2 atom stereocenters. The Bertz CT molecular complexity index is 402. The number of hydrogen-bond acceptors (Lipinski definition) is 3. The van der Waals surface area contributed by atoms with Gasteiger partial charge in [0.2, 0.25) is 0 Å². The first kappa shape index (κ1) is 13.6. The van der Waals surface area contributed by atoms with Crippen LogP contribution in [0.1, 0.15) is 30.2 Å². The second-order valence-corrected chi connectivity index (χ2v) is 6.00. The average molecular weight is 268 g/mol. The molecule has 0 amide bonds. The zero-order valence-electron chi connectivity index (χ0n) is 11.2. The van der Waals surface area contributed by atoms with Gasteiger partial charge in [-0.3, -0.25) is 4.79 Å². The fourth-order valence-electron chi connectivity index (χ4n) is 2.59. The first-order chi connectivity index (χ1) is 8.70. The Morgan fingerprint density at radius 3 is 3.11 bits per heavy atom. The van der Waals surface area contributed by atoms with Crippen LogP contribution in [0.15, 0.2) is 11.4 Å². The maximum atomic E-state index is 11.8. The monoisotopic (exact) mass is 268 g/mol. The smallest absolute Gasteiger partial charge is 0.314 e. The average Bonchev–Trinajstić information content (AvgIpc) is 2.76. The van der Waals surface area contributed by atoms with Gasteiger partial charge in [0.25, 0.3) is 0 Å². The van der Waals surface area contributed by atoms with E-state index in [1.165, 1.54) is 21.9 Å². The van der Waals surface area contributed by atoms with Gasteiger partial charge in [-0.2, -0.15) is 0 Å². The predicted molar refractivity (Wildman–Crippen MR) is 72.8 cm³/mol. The number of thiophene rings is 1. The van der Waals surface area contributed by atoms with Crippen LogP contribution < -0.4 is 4.90 Å². The number of piperidine rings is 1.